The van der Waals surface area contributed by atoms with Gasteiger partial charge < -0.3 is 16.0 Å². The van der Waals surface area contributed by atoms with Gasteiger partial charge in [-0.05, 0) is 66.3 Å². The lowest BCUT2D eigenvalue weighted by Crippen LogP contribution is -2.12. The molecule has 3 aromatic heterocycles. The maximum Gasteiger partial charge on any atom is 0.129 e. The van der Waals surface area contributed by atoms with Gasteiger partial charge in [0.15, 0.2) is 0 Å². The van der Waals surface area contributed by atoms with E-state index in [1.54, 1.807) is 11.3 Å². The molecule has 4 rings (SSSR count). The summed E-state index contributed by atoms with van der Waals surface area (Å²) < 4.78 is 0. The third kappa shape index (κ3) is 7.71. The van der Waals surface area contributed by atoms with Crippen molar-refractivity contribution >= 4 is 28.4 Å². The summed E-state index contributed by atoms with van der Waals surface area (Å²) in [6.45, 7) is 16.7. The molecule has 0 bridgehead atoms. The number of rotatable bonds is 13. The van der Waals surface area contributed by atoms with Gasteiger partial charge in [0.05, 0.1) is 10.6 Å². The van der Waals surface area contributed by atoms with Crippen molar-refractivity contribution in [2.45, 2.75) is 26.7 Å². The second-order valence-electron chi connectivity index (χ2n) is 9.64. The van der Waals surface area contributed by atoms with E-state index in [1.165, 1.54) is 5.56 Å². The molecular formula is C35H37N5S. The van der Waals surface area contributed by atoms with E-state index in [0.717, 1.165) is 67.9 Å². The lowest BCUT2D eigenvalue weighted by atomic mass is 10.0. The van der Waals surface area contributed by atoms with Crippen molar-refractivity contribution in [3.63, 3.8) is 0 Å². The Labute approximate surface area is 247 Å². The minimum absolute atomic E-state index is 0.605. The molecule has 0 saturated heterocycles. The van der Waals surface area contributed by atoms with E-state index < -0.39 is 0 Å². The molecule has 1 aromatic carbocycles. The average molecular weight is 560 g/mol. The molecule has 0 unspecified atom stereocenters. The van der Waals surface area contributed by atoms with E-state index in [9.17, 15) is 0 Å². The van der Waals surface area contributed by atoms with Crippen LogP contribution in [0.15, 0.2) is 127 Å². The Bertz CT molecular complexity index is 1580. The van der Waals surface area contributed by atoms with Gasteiger partial charge in [0.1, 0.15) is 5.82 Å². The standard InChI is InChI=1S/C35H37N5S/c1-7-28(22-31(8-2)39-24(3)19-27-13-10-9-11-14-27)30-21-29(35(36-6)38-23-30)20-25(4)40-32-16-17-37-34(26(32)5)33-15-12-18-41-33/h7-18,21-23,39H,2-4,19-20H2,1,5-6H3,(H,36,38)(H,37,40)/b28-7+,31-22+. The molecule has 0 amide bonds. The van der Waals surface area contributed by atoms with Crippen LogP contribution in [-0.2, 0) is 12.8 Å². The number of nitrogens with zero attached hydrogens (tertiary/aromatic N) is 2. The monoisotopic (exact) mass is 559 g/mol. The van der Waals surface area contributed by atoms with Crippen molar-refractivity contribution in [1.82, 2.24) is 15.3 Å². The van der Waals surface area contributed by atoms with Gasteiger partial charge >= 0.3 is 0 Å². The summed E-state index contributed by atoms with van der Waals surface area (Å²) in [5.41, 5.74) is 10.0. The van der Waals surface area contributed by atoms with Gasteiger partial charge in [-0.15, -0.1) is 11.3 Å². The molecule has 3 heterocycles. The first-order chi connectivity index (χ1) is 19.9. The molecule has 0 saturated carbocycles. The molecule has 0 aliphatic carbocycles. The van der Waals surface area contributed by atoms with E-state index in [0.29, 0.717) is 6.42 Å². The van der Waals surface area contributed by atoms with Gasteiger partial charge in [0.2, 0.25) is 0 Å². The zero-order chi connectivity index (χ0) is 29.2. The topological polar surface area (TPSA) is 61.9 Å². The van der Waals surface area contributed by atoms with Crippen LogP contribution < -0.4 is 16.0 Å². The lowest BCUT2D eigenvalue weighted by molar-refractivity contribution is 0.942. The molecule has 41 heavy (non-hydrogen) atoms. The fraction of sp³-hybridized carbons (Fsp3) is 0.143. The van der Waals surface area contributed by atoms with Gasteiger partial charge in [-0.3, -0.25) is 4.98 Å². The number of aromatic nitrogens is 2. The summed E-state index contributed by atoms with van der Waals surface area (Å²) in [7, 11) is 1.89. The van der Waals surface area contributed by atoms with Crippen molar-refractivity contribution in [3.05, 3.63) is 150 Å². The fourth-order valence-corrected chi connectivity index (χ4v) is 5.34. The number of thiophene rings is 1. The summed E-state index contributed by atoms with van der Waals surface area (Å²) >= 11 is 1.69. The minimum atomic E-state index is 0.605. The molecule has 5 nitrogen and oxygen atoms in total. The van der Waals surface area contributed by atoms with Crippen LogP contribution in [0.4, 0.5) is 11.5 Å². The Hall–Kier alpha value is -4.68. The van der Waals surface area contributed by atoms with E-state index in [-0.39, 0.29) is 0 Å². The molecule has 4 aromatic rings. The van der Waals surface area contributed by atoms with E-state index in [2.05, 4.69) is 89.4 Å². The smallest absolute Gasteiger partial charge is 0.129 e. The largest absolute Gasteiger partial charge is 0.373 e. The zero-order valence-corrected chi connectivity index (χ0v) is 24.8. The quantitative estimate of drug-likeness (QED) is 0.143. The molecule has 0 atom stereocenters. The molecule has 0 aliphatic rings. The van der Waals surface area contributed by atoms with Gasteiger partial charge in [0, 0.05) is 66.2 Å². The van der Waals surface area contributed by atoms with Crippen molar-refractivity contribution in [3.8, 4) is 10.6 Å². The highest BCUT2D eigenvalue weighted by atomic mass is 32.1. The van der Waals surface area contributed by atoms with Crippen molar-refractivity contribution < 1.29 is 0 Å². The summed E-state index contributed by atoms with van der Waals surface area (Å²) in [6.07, 6.45) is 11.0. The third-order valence-corrected chi connectivity index (χ3v) is 7.51. The summed E-state index contributed by atoms with van der Waals surface area (Å²) in [5.74, 6) is 0.820. The molecule has 6 heteroatoms. The first kappa shape index (κ1) is 29.3. The first-order valence-electron chi connectivity index (χ1n) is 13.5. The van der Waals surface area contributed by atoms with Crippen molar-refractivity contribution in [1.29, 1.82) is 0 Å². The Balaban J connectivity index is 1.51. The summed E-state index contributed by atoms with van der Waals surface area (Å²) in [4.78, 5) is 10.5. The highest BCUT2D eigenvalue weighted by Crippen LogP contribution is 2.31. The molecular weight excluding hydrogens is 522 g/mol. The number of nitrogens with one attached hydrogen (secondary N) is 3. The highest BCUT2D eigenvalue weighted by Gasteiger charge is 2.12. The third-order valence-electron chi connectivity index (χ3n) is 6.63. The molecule has 208 valence electrons. The maximum absolute atomic E-state index is 4.72. The second kappa shape index (κ2) is 14.1. The van der Waals surface area contributed by atoms with Crippen LogP contribution in [0.2, 0.25) is 0 Å². The van der Waals surface area contributed by atoms with Crippen LogP contribution >= 0.6 is 11.3 Å². The zero-order valence-electron chi connectivity index (χ0n) is 24.0. The molecule has 0 fully saturated rings. The summed E-state index contributed by atoms with van der Waals surface area (Å²) in [6, 6.07) is 18.6. The minimum Gasteiger partial charge on any atom is -0.373 e. The second-order valence-corrected chi connectivity index (χ2v) is 10.6. The molecule has 0 spiro atoms. The number of anilines is 2. The molecule has 0 aliphatic heterocycles. The molecule has 0 radical (unpaired) electrons. The number of hydrogen-bond donors (Lipinski definition) is 3. The van der Waals surface area contributed by atoms with E-state index >= 15 is 0 Å². The molecule has 3 N–H and O–H groups in total. The first-order valence-corrected chi connectivity index (χ1v) is 14.4. The predicted octanol–water partition coefficient (Wildman–Crippen LogP) is 8.54. The van der Waals surface area contributed by atoms with E-state index in [4.69, 9.17) is 4.98 Å². The van der Waals surface area contributed by atoms with Crippen LogP contribution in [0.1, 0.15) is 29.2 Å². The van der Waals surface area contributed by atoms with Crippen LogP contribution in [0.25, 0.3) is 16.1 Å². The van der Waals surface area contributed by atoms with Crippen LogP contribution in [-0.4, -0.2) is 17.0 Å². The Morgan fingerprint density at radius 1 is 1.00 bits per heavy atom. The fourth-order valence-electron chi connectivity index (χ4n) is 4.56. The number of pyridine rings is 2. The normalized spacial score (nSPS) is 11.6. The van der Waals surface area contributed by atoms with E-state index in [1.807, 2.05) is 62.8 Å². The van der Waals surface area contributed by atoms with Crippen molar-refractivity contribution in [2.24, 2.45) is 0 Å². The van der Waals surface area contributed by atoms with Gasteiger partial charge in [-0.1, -0.05) is 62.2 Å². The van der Waals surface area contributed by atoms with Gasteiger partial charge in [0.25, 0.3) is 0 Å². The van der Waals surface area contributed by atoms with Crippen LogP contribution in [0.5, 0.6) is 0 Å². The Morgan fingerprint density at radius 2 is 1.80 bits per heavy atom. The predicted molar refractivity (Wildman–Crippen MR) is 177 cm³/mol. The lowest BCUT2D eigenvalue weighted by Gasteiger charge is -2.16. The summed E-state index contributed by atoms with van der Waals surface area (Å²) in [5, 5.41) is 12.2. The Kier molecular flexibility index (Phi) is 10.1. The number of hydrogen-bond acceptors (Lipinski definition) is 6. The van der Waals surface area contributed by atoms with Crippen molar-refractivity contribution in [2.75, 3.05) is 17.7 Å². The Morgan fingerprint density at radius 3 is 2.49 bits per heavy atom. The highest BCUT2D eigenvalue weighted by molar-refractivity contribution is 7.13. The van der Waals surface area contributed by atoms with Gasteiger partial charge in [-0.25, -0.2) is 4.98 Å². The number of allylic oxidation sites excluding steroid dienone is 6. The van der Waals surface area contributed by atoms with Crippen LogP contribution in [0.3, 0.4) is 0 Å². The maximum atomic E-state index is 4.72. The van der Waals surface area contributed by atoms with Crippen LogP contribution in [0, 0.1) is 6.92 Å². The number of benzene rings is 1. The average Bonchev–Trinajstić information content (AvgIpc) is 3.51. The SMILES string of the molecule is C=C/C(=C\C(=C/C)c1cnc(NC)c(CC(=C)Nc2ccnc(-c3cccs3)c2C)c1)NC(=C)Cc1ccccc1. The van der Waals surface area contributed by atoms with Gasteiger partial charge in [-0.2, -0.15) is 0 Å².